The van der Waals surface area contributed by atoms with E-state index in [1.165, 1.54) is 33.3 Å². The number of nitrogens with one attached hydrogen (secondary N) is 2. The van der Waals surface area contributed by atoms with Crippen LogP contribution in [0.25, 0.3) is 22.2 Å². The van der Waals surface area contributed by atoms with Gasteiger partial charge in [-0.25, -0.2) is 0 Å². The Morgan fingerprint density at radius 3 is 2.40 bits per heavy atom. The summed E-state index contributed by atoms with van der Waals surface area (Å²) in [6, 6.07) is 11.3. The molecule has 3 aromatic rings. The van der Waals surface area contributed by atoms with Gasteiger partial charge in [-0.15, -0.1) is 0 Å². The van der Waals surface area contributed by atoms with E-state index in [9.17, 15) is 4.79 Å². The maximum Gasteiger partial charge on any atom is 0.234 e. The van der Waals surface area contributed by atoms with Crippen LogP contribution < -0.4 is 5.32 Å². The molecule has 2 aromatic heterocycles. The number of aromatic nitrogens is 2. The van der Waals surface area contributed by atoms with E-state index in [2.05, 4.69) is 92.1 Å². The highest BCUT2D eigenvalue weighted by Gasteiger charge is 2.24. The summed E-state index contributed by atoms with van der Waals surface area (Å²) >= 11 is 0. The van der Waals surface area contributed by atoms with E-state index in [0.29, 0.717) is 24.3 Å². The zero-order chi connectivity index (χ0) is 25.1. The molecule has 5 heteroatoms. The van der Waals surface area contributed by atoms with Crippen molar-refractivity contribution in [3.63, 3.8) is 0 Å². The Morgan fingerprint density at radius 2 is 1.77 bits per heavy atom. The van der Waals surface area contributed by atoms with Crippen molar-refractivity contribution in [2.75, 3.05) is 26.2 Å². The number of carbonyl (C=O) groups is 1. The van der Waals surface area contributed by atoms with Crippen LogP contribution in [0.2, 0.25) is 0 Å². The number of H-pyrrole nitrogens is 1. The van der Waals surface area contributed by atoms with Gasteiger partial charge in [0, 0.05) is 34.4 Å². The fraction of sp³-hybridized carbons (Fsp3) is 0.533. The minimum Gasteiger partial charge on any atom is -0.355 e. The van der Waals surface area contributed by atoms with Crippen molar-refractivity contribution < 1.29 is 4.79 Å². The van der Waals surface area contributed by atoms with Gasteiger partial charge in [-0.05, 0) is 99.3 Å². The number of carbonyl (C=O) groups excluding carboxylic acids is 1. The Morgan fingerprint density at radius 1 is 1.09 bits per heavy atom. The molecular formula is C30H42N4O. The standard InChI is InChI=1S/C30H42N4O/c1-19(2)9-12-31-28(35)18-34-13-10-23(11-14-34)24-7-8-27-26(17-24)29(20(3)4)30(33-27)25-15-21(5)32-22(6)16-25/h7-8,15-17,19-20,23,33H,9-14,18H2,1-6H3,(H,31,35). The lowest BCUT2D eigenvalue weighted by Crippen LogP contribution is -2.41. The van der Waals surface area contributed by atoms with Gasteiger partial charge >= 0.3 is 0 Å². The first-order chi connectivity index (χ1) is 16.7. The Kier molecular flexibility index (Phi) is 7.95. The number of hydrogen-bond acceptors (Lipinski definition) is 3. The first-order valence-electron chi connectivity index (χ1n) is 13.3. The molecule has 0 radical (unpaired) electrons. The third-order valence-electron chi connectivity index (χ3n) is 7.28. The molecular weight excluding hydrogens is 432 g/mol. The zero-order valence-electron chi connectivity index (χ0n) is 22.4. The Bertz CT molecular complexity index is 1150. The zero-order valence-corrected chi connectivity index (χ0v) is 22.4. The van der Waals surface area contributed by atoms with Gasteiger partial charge in [-0.3, -0.25) is 14.7 Å². The van der Waals surface area contributed by atoms with Crippen LogP contribution in [-0.4, -0.2) is 47.0 Å². The molecule has 2 N–H and O–H groups in total. The molecule has 1 fully saturated rings. The number of pyridine rings is 1. The van der Waals surface area contributed by atoms with Crippen LogP contribution in [0.15, 0.2) is 30.3 Å². The Labute approximate surface area is 210 Å². The van der Waals surface area contributed by atoms with Crippen LogP contribution in [-0.2, 0) is 4.79 Å². The number of piperidine rings is 1. The van der Waals surface area contributed by atoms with Crippen molar-refractivity contribution >= 4 is 16.8 Å². The Balaban J connectivity index is 1.48. The molecule has 1 amide bonds. The van der Waals surface area contributed by atoms with Gasteiger partial charge < -0.3 is 10.3 Å². The molecule has 4 rings (SSSR count). The third kappa shape index (κ3) is 6.13. The maximum atomic E-state index is 12.3. The van der Waals surface area contributed by atoms with Gasteiger partial charge in [0.1, 0.15) is 0 Å². The SMILES string of the molecule is Cc1cc(-c2[nH]c3ccc(C4CCN(CC(=O)NCCC(C)C)CC4)cc3c2C(C)C)cc(C)n1. The monoisotopic (exact) mass is 474 g/mol. The van der Waals surface area contributed by atoms with Crippen LogP contribution in [0.1, 0.15) is 81.3 Å². The van der Waals surface area contributed by atoms with Gasteiger partial charge in [0.2, 0.25) is 5.91 Å². The molecule has 1 aromatic carbocycles. The lowest BCUT2D eigenvalue weighted by atomic mass is 9.87. The Hall–Kier alpha value is -2.66. The number of aryl methyl sites for hydroxylation is 2. The van der Waals surface area contributed by atoms with Gasteiger partial charge in [-0.2, -0.15) is 0 Å². The highest BCUT2D eigenvalue weighted by Crippen LogP contribution is 2.38. The molecule has 1 aliphatic heterocycles. The molecule has 0 saturated carbocycles. The fourth-order valence-corrected chi connectivity index (χ4v) is 5.47. The molecule has 3 heterocycles. The number of hydrogen-bond donors (Lipinski definition) is 2. The molecule has 188 valence electrons. The van der Waals surface area contributed by atoms with E-state index in [4.69, 9.17) is 0 Å². The third-order valence-corrected chi connectivity index (χ3v) is 7.28. The van der Waals surface area contributed by atoms with Gasteiger partial charge in [0.25, 0.3) is 0 Å². The first kappa shape index (κ1) is 25.4. The quantitative estimate of drug-likeness (QED) is 0.402. The number of likely N-dealkylation sites (tertiary alicyclic amines) is 1. The lowest BCUT2D eigenvalue weighted by molar-refractivity contribution is -0.122. The predicted molar refractivity (Wildman–Crippen MR) is 146 cm³/mol. The van der Waals surface area contributed by atoms with Crippen molar-refractivity contribution in [1.29, 1.82) is 0 Å². The largest absolute Gasteiger partial charge is 0.355 e. The van der Waals surface area contributed by atoms with Crippen molar-refractivity contribution in [3.8, 4) is 11.3 Å². The van der Waals surface area contributed by atoms with E-state index in [-0.39, 0.29) is 5.91 Å². The summed E-state index contributed by atoms with van der Waals surface area (Å²) in [6.45, 7) is 16.3. The van der Waals surface area contributed by atoms with Crippen LogP contribution >= 0.6 is 0 Å². The first-order valence-corrected chi connectivity index (χ1v) is 13.3. The van der Waals surface area contributed by atoms with Crippen LogP contribution in [0.5, 0.6) is 0 Å². The van der Waals surface area contributed by atoms with E-state index >= 15 is 0 Å². The molecule has 0 atom stereocenters. The molecule has 0 aliphatic carbocycles. The van der Waals surface area contributed by atoms with Crippen molar-refractivity contribution in [2.24, 2.45) is 5.92 Å². The minimum atomic E-state index is 0.161. The summed E-state index contributed by atoms with van der Waals surface area (Å²) in [5, 5.41) is 4.42. The summed E-state index contributed by atoms with van der Waals surface area (Å²) in [4.78, 5) is 22.9. The number of benzene rings is 1. The summed E-state index contributed by atoms with van der Waals surface area (Å²) in [5.41, 5.74) is 8.56. The van der Waals surface area contributed by atoms with Crippen molar-refractivity contribution in [2.45, 2.75) is 72.6 Å². The summed E-state index contributed by atoms with van der Waals surface area (Å²) in [6.07, 6.45) is 3.24. The van der Waals surface area contributed by atoms with E-state index in [0.717, 1.165) is 50.3 Å². The number of amides is 1. The van der Waals surface area contributed by atoms with E-state index in [1.807, 2.05) is 0 Å². The maximum absolute atomic E-state index is 12.3. The number of aromatic amines is 1. The average Bonchev–Trinajstić information content (AvgIpc) is 3.18. The molecule has 5 nitrogen and oxygen atoms in total. The second kappa shape index (κ2) is 10.9. The van der Waals surface area contributed by atoms with Gasteiger partial charge in [0.15, 0.2) is 0 Å². The lowest BCUT2D eigenvalue weighted by Gasteiger charge is -2.31. The van der Waals surface area contributed by atoms with Crippen molar-refractivity contribution in [1.82, 2.24) is 20.2 Å². The molecule has 0 bridgehead atoms. The summed E-state index contributed by atoms with van der Waals surface area (Å²) in [5.74, 6) is 1.74. The van der Waals surface area contributed by atoms with Gasteiger partial charge in [0.05, 0.1) is 12.2 Å². The van der Waals surface area contributed by atoms with E-state index < -0.39 is 0 Å². The topological polar surface area (TPSA) is 61.0 Å². The molecule has 1 saturated heterocycles. The fourth-order valence-electron chi connectivity index (χ4n) is 5.47. The summed E-state index contributed by atoms with van der Waals surface area (Å²) < 4.78 is 0. The minimum absolute atomic E-state index is 0.161. The molecule has 1 aliphatic rings. The summed E-state index contributed by atoms with van der Waals surface area (Å²) in [7, 11) is 0. The van der Waals surface area contributed by atoms with Crippen LogP contribution in [0.3, 0.4) is 0 Å². The van der Waals surface area contributed by atoms with Gasteiger partial charge in [-0.1, -0.05) is 33.8 Å². The number of fused-ring (bicyclic) bond motifs is 1. The molecule has 35 heavy (non-hydrogen) atoms. The molecule has 0 spiro atoms. The smallest absolute Gasteiger partial charge is 0.234 e. The molecule has 0 unspecified atom stereocenters. The highest BCUT2D eigenvalue weighted by atomic mass is 16.2. The average molecular weight is 475 g/mol. The second-order valence-corrected chi connectivity index (χ2v) is 11.1. The van der Waals surface area contributed by atoms with Crippen LogP contribution in [0, 0.1) is 19.8 Å². The van der Waals surface area contributed by atoms with Crippen molar-refractivity contribution in [3.05, 3.63) is 52.8 Å². The predicted octanol–water partition coefficient (Wildman–Crippen LogP) is 6.31. The highest BCUT2D eigenvalue weighted by molar-refractivity contribution is 5.92. The number of nitrogens with zero attached hydrogens (tertiary/aromatic N) is 2. The van der Waals surface area contributed by atoms with Crippen LogP contribution in [0.4, 0.5) is 0 Å². The normalized spacial score (nSPS) is 15.4. The number of rotatable bonds is 8. The second-order valence-electron chi connectivity index (χ2n) is 11.1. The van der Waals surface area contributed by atoms with E-state index in [1.54, 1.807) is 0 Å².